The van der Waals surface area contributed by atoms with Gasteiger partial charge in [0.1, 0.15) is 5.82 Å². The number of aromatic nitrogens is 2. The molecule has 0 N–H and O–H groups in total. The molecule has 1 aliphatic rings. The van der Waals surface area contributed by atoms with Crippen molar-refractivity contribution < 1.29 is 17.6 Å². The van der Waals surface area contributed by atoms with Crippen molar-refractivity contribution in [2.24, 2.45) is 5.92 Å². The fourth-order valence-corrected chi connectivity index (χ4v) is 5.99. The molecular weight excluding hydrogens is 455 g/mol. The second-order valence-electron chi connectivity index (χ2n) is 8.75. The van der Waals surface area contributed by atoms with E-state index in [4.69, 9.17) is 0 Å². The number of aryl methyl sites for hydroxylation is 1. The summed E-state index contributed by atoms with van der Waals surface area (Å²) in [6, 6.07) is 14.6. The number of hydrogen-bond acceptors (Lipinski definition) is 4. The number of nitrogens with zero attached hydrogens (tertiary/aromatic N) is 4. The normalized spacial score (nSPS) is 17.0. The summed E-state index contributed by atoms with van der Waals surface area (Å²) in [4.78, 5) is 15.0. The standard InChI is InChI=1S/C25H29FN4O3S/c1-18-24(19(2)30(27-18)22-9-5-4-6-10-22)17-28(3)25(31)20-8-7-15-29(16-20)34(32,33)23-13-11-21(26)12-14-23/h4-6,9-14,20H,7-8,15-17H2,1-3H3. The molecule has 2 heterocycles. The SMILES string of the molecule is Cc1nn(-c2ccccc2)c(C)c1CN(C)C(=O)C1CCCN(S(=O)(=O)c2ccc(F)cc2)C1. The maximum Gasteiger partial charge on any atom is 0.243 e. The molecule has 7 nitrogen and oxygen atoms in total. The highest BCUT2D eigenvalue weighted by molar-refractivity contribution is 7.89. The van der Waals surface area contributed by atoms with Crippen LogP contribution in [0.15, 0.2) is 59.5 Å². The molecule has 1 atom stereocenters. The summed E-state index contributed by atoms with van der Waals surface area (Å²) in [5.74, 6) is -1.02. The maximum absolute atomic E-state index is 13.3. The van der Waals surface area contributed by atoms with Crippen molar-refractivity contribution >= 4 is 15.9 Å². The first-order valence-electron chi connectivity index (χ1n) is 11.3. The summed E-state index contributed by atoms with van der Waals surface area (Å²) >= 11 is 0. The van der Waals surface area contributed by atoms with E-state index in [0.29, 0.717) is 25.9 Å². The second-order valence-corrected chi connectivity index (χ2v) is 10.7. The van der Waals surface area contributed by atoms with Crippen LogP contribution in [0.5, 0.6) is 0 Å². The van der Waals surface area contributed by atoms with E-state index < -0.39 is 21.8 Å². The van der Waals surface area contributed by atoms with Crippen LogP contribution in [0.2, 0.25) is 0 Å². The topological polar surface area (TPSA) is 75.5 Å². The van der Waals surface area contributed by atoms with Crippen molar-refractivity contribution in [3.63, 3.8) is 0 Å². The van der Waals surface area contributed by atoms with Crippen LogP contribution in [0, 0.1) is 25.6 Å². The van der Waals surface area contributed by atoms with Crippen molar-refractivity contribution in [3.8, 4) is 5.69 Å². The van der Waals surface area contributed by atoms with Gasteiger partial charge in [0, 0.05) is 37.9 Å². The maximum atomic E-state index is 13.3. The number of sulfonamides is 1. The van der Waals surface area contributed by atoms with Crippen LogP contribution in [0.4, 0.5) is 4.39 Å². The van der Waals surface area contributed by atoms with Gasteiger partial charge in [-0.25, -0.2) is 17.5 Å². The first-order valence-corrected chi connectivity index (χ1v) is 12.7. The molecular formula is C25H29FN4O3S. The minimum absolute atomic E-state index is 0.0370. The van der Waals surface area contributed by atoms with Gasteiger partial charge in [-0.3, -0.25) is 4.79 Å². The number of carbonyl (C=O) groups is 1. The minimum atomic E-state index is -3.79. The van der Waals surface area contributed by atoms with Crippen molar-refractivity contribution in [2.45, 2.75) is 38.1 Å². The lowest BCUT2D eigenvalue weighted by atomic mass is 9.98. The number of carbonyl (C=O) groups excluding carboxylic acids is 1. The van der Waals surface area contributed by atoms with Crippen LogP contribution in [0.1, 0.15) is 29.8 Å². The zero-order valence-corrected chi connectivity index (χ0v) is 20.4. The highest BCUT2D eigenvalue weighted by Crippen LogP contribution is 2.26. The molecule has 34 heavy (non-hydrogen) atoms. The molecule has 0 spiro atoms. The number of rotatable bonds is 6. The Bertz CT molecular complexity index is 1270. The number of piperidine rings is 1. The van der Waals surface area contributed by atoms with Gasteiger partial charge in [0.2, 0.25) is 15.9 Å². The van der Waals surface area contributed by atoms with Gasteiger partial charge in [-0.1, -0.05) is 18.2 Å². The van der Waals surface area contributed by atoms with E-state index in [1.54, 1.807) is 11.9 Å². The predicted molar refractivity (Wildman–Crippen MR) is 127 cm³/mol. The summed E-state index contributed by atoms with van der Waals surface area (Å²) in [7, 11) is -2.04. The van der Waals surface area contributed by atoms with E-state index in [-0.39, 0.29) is 17.3 Å². The molecule has 1 aliphatic heterocycles. The summed E-state index contributed by atoms with van der Waals surface area (Å²) in [5, 5.41) is 4.65. The zero-order chi connectivity index (χ0) is 24.5. The lowest BCUT2D eigenvalue weighted by Gasteiger charge is -2.33. The molecule has 9 heteroatoms. The van der Waals surface area contributed by atoms with Crippen LogP contribution in [0.25, 0.3) is 5.69 Å². The van der Waals surface area contributed by atoms with Gasteiger partial charge in [0.15, 0.2) is 0 Å². The lowest BCUT2D eigenvalue weighted by molar-refractivity contribution is -0.135. The highest BCUT2D eigenvalue weighted by atomic mass is 32.2. The quantitative estimate of drug-likeness (QED) is 0.535. The Hall–Kier alpha value is -3.04. The largest absolute Gasteiger partial charge is 0.341 e. The third kappa shape index (κ3) is 4.76. The Kier molecular flexibility index (Phi) is 6.86. The Balaban J connectivity index is 1.48. The molecule has 2 aromatic carbocycles. The van der Waals surface area contributed by atoms with Gasteiger partial charge >= 0.3 is 0 Å². The zero-order valence-electron chi connectivity index (χ0n) is 19.6. The van der Waals surface area contributed by atoms with E-state index in [0.717, 1.165) is 34.8 Å². The van der Waals surface area contributed by atoms with Crippen LogP contribution < -0.4 is 0 Å². The van der Waals surface area contributed by atoms with Gasteiger partial charge in [-0.15, -0.1) is 0 Å². The van der Waals surface area contributed by atoms with E-state index in [1.165, 1.54) is 16.4 Å². The van der Waals surface area contributed by atoms with Crippen LogP contribution in [0.3, 0.4) is 0 Å². The van der Waals surface area contributed by atoms with E-state index in [2.05, 4.69) is 5.10 Å². The van der Waals surface area contributed by atoms with Crippen molar-refractivity contribution in [2.75, 3.05) is 20.1 Å². The Labute approximate surface area is 199 Å². The number of amides is 1. The molecule has 180 valence electrons. The molecule has 3 aromatic rings. The van der Waals surface area contributed by atoms with E-state index >= 15 is 0 Å². The molecule has 1 fully saturated rings. The van der Waals surface area contributed by atoms with Crippen molar-refractivity contribution in [3.05, 3.63) is 77.4 Å². The smallest absolute Gasteiger partial charge is 0.243 e. The fraction of sp³-hybridized carbons (Fsp3) is 0.360. The third-order valence-electron chi connectivity index (χ3n) is 6.40. The van der Waals surface area contributed by atoms with Crippen LogP contribution >= 0.6 is 0 Å². The van der Waals surface area contributed by atoms with Gasteiger partial charge in [-0.2, -0.15) is 9.40 Å². The summed E-state index contributed by atoms with van der Waals surface area (Å²) < 4.78 is 42.5. The van der Waals surface area contributed by atoms with Crippen LogP contribution in [-0.2, 0) is 21.4 Å². The molecule has 4 rings (SSSR count). The molecule has 1 saturated heterocycles. The van der Waals surface area contributed by atoms with E-state index in [1.807, 2.05) is 48.9 Å². The number of hydrogen-bond donors (Lipinski definition) is 0. The van der Waals surface area contributed by atoms with Crippen LogP contribution in [-0.4, -0.2) is 53.4 Å². The average Bonchev–Trinajstić information content (AvgIpc) is 3.12. The monoisotopic (exact) mass is 484 g/mol. The molecule has 1 aromatic heterocycles. The number of halogens is 1. The first kappa shape index (κ1) is 24.1. The van der Waals surface area contributed by atoms with E-state index in [9.17, 15) is 17.6 Å². The number of para-hydroxylation sites is 1. The first-order chi connectivity index (χ1) is 16.2. The van der Waals surface area contributed by atoms with Crippen molar-refractivity contribution in [1.29, 1.82) is 0 Å². The van der Waals surface area contributed by atoms with Gasteiger partial charge in [0.25, 0.3) is 0 Å². The summed E-state index contributed by atoms with van der Waals surface area (Å²) in [5.41, 5.74) is 3.75. The molecule has 1 unspecified atom stereocenters. The average molecular weight is 485 g/mol. The summed E-state index contributed by atoms with van der Waals surface area (Å²) in [6.45, 7) is 4.76. The van der Waals surface area contributed by atoms with Gasteiger partial charge < -0.3 is 4.90 Å². The molecule has 0 saturated carbocycles. The molecule has 1 amide bonds. The Morgan fingerprint density at radius 1 is 1.12 bits per heavy atom. The number of benzene rings is 2. The highest BCUT2D eigenvalue weighted by Gasteiger charge is 2.34. The van der Waals surface area contributed by atoms with Gasteiger partial charge in [0.05, 0.1) is 22.2 Å². The van der Waals surface area contributed by atoms with Crippen molar-refractivity contribution in [1.82, 2.24) is 19.0 Å². The molecule has 0 aliphatic carbocycles. The lowest BCUT2D eigenvalue weighted by Crippen LogP contribution is -2.45. The molecule has 0 radical (unpaired) electrons. The second kappa shape index (κ2) is 9.68. The fourth-order valence-electron chi connectivity index (χ4n) is 4.47. The minimum Gasteiger partial charge on any atom is -0.341 e. The Morgan fingerprint density at radius 3 is 2.47 bits per heavy atom. The third-order valence-corrected chi connectivity index (χ3v) is 8.28. The predicted octanol–water partition coefficient (Wildman–Crippen LogP) is 3.69. The van der Waals surface area contributed by atoms with Gasteiger partial charge in [-0.05, 0) is 63.1 Å². The molecule has 0 bridgehead atoms. The Morgan fingerprint density at radius 2 is 1.79 bits per heavy atom. The summed E-state index contributed by atoms with van der Waals surface area (Å²) in [6.07, 6.45) is 1.22.